The summed E-state index contributed by atoms with van der Waals surface area (Å²) in [6, 6.07) is 14.0. The molecule has 1 atom stereocenters. The molecule has 0 spiro atoms. The van der Waals surface area contributed by atoms with E-state index in [1.54, 1.807) is 0 Å². The van der Waals surface area contributed by atoms with E-state index in [9.17, 15) is 0 Å². The molecular weight excluding hydrogens is 427 g/mol. The van der Waals surface area contributed by atoms with Gasteiger partial charge in [0.1, 0.15) is 5.82 Å². The molecule has 1 unspecified atom stereocenters. The summed E-state index contributed by atoms with van der Waals surface area (Å²) in [6.07, 6.45) is 3.89. The molecule has 0 aliphatic carbocycles. The standard InChI is InChI=1S/C22H23Cl3N4/c1-16-26-8-9-28(16)12-10-27-11-13-29(21-7-6-19(24)14-20(21)25)22(15-27)17-2-4-18(23)5-3-17/h2-9,14,22H,10-13,15H2,1H3. The van der Waals surface area contributed by atoms with Gasteiger partial charge in [0.15, 0.2) is 0 Å². The van der Waals surface area contributed by atoms with E-state index in [-0.39, 0.29) is 6.04 Å². The lowest BCUT2D eigenvalue weighted by molar-refractivity contribution is 0.215. The summed E-state index contributed by atoms with van der Waals surface area (Å²) in [4.78, 5) is 9.19. The van der Waals surface area contributed by atoms with Crippen LogP contribution in [0.2, 0.25) is 15.1 Å². The van der Waals surface area contributed by atoms with Crippen molar-refractivity contribution < 1.29 is 0 Å². The quantitative estimate of drug-likeness (QED) is 0.498. The van der Waals surface area contributed by atoms with Crippen LogP contribution in [-0.2, 0) is 6.54 Å². The molecule has 1 aliphatic heterocycles. The van der Waals surface area contributed by atoms with Crippen molar-refractivity contribution in [2.24, 2.45) is 0 Å². The van der Waals surface area contributed by atoms with Gasteiger partial charge in [0.05, 0.1) is 16.8 Å². The average molecular weight is 450 g/mol. The molecule has 2 heterocycles. The number of aromatic nitrogens is 2. The Morgan fingerprint density at radius 1 is 0.966 bits per heavy atom. The number of anilines is 1. The molecule has 4 nitrogen and oxygen atoms in total. The van der Waals surface area contributed by atoms with Crippen molar-refractivity contribution in [2.75, 3.05) is 31.1 Å². The minimum atomic E-state index is 0.184. The monoisotopic (exact) mass is 448 g/mol. The highest BCUT2D eigenvalue weighted by Crippen LogP contribution is 2.36. The summed E-state index contributed by atoms with van der Waals surface area (Å²) in [5.41, 5.74) is 2.24. The Kier molecular flexibility index (Phi) is 6.35. The van der Waals surface area contributed by atoms with Gasteiger partial charge in [-0.1, -0.05) is 46.9 Å². The molecule has 0 N–H and O–H groups in total. The van der Waals surface area contributed by atoms with Crippen molar-refractivity contribution in [3.63, 3.8) is 0 Å². The van der Waals surface area contributed by atoms with E-state index in [0.717, 1.165) is 49.3 Å². The zero-order chi connectivity index (χ0) is 20.4. The van der Waals surface area contributed by atoms with Gasteiger partial charge in [-0.2, -0.15) is 0 Å². The third-order valence-corrected chi connectivity index (χ3v) is 6.31. The van der Waals surface area contributed by atoms with Crippen LogP contribution in [0.1, 0.15) is 17.4 Å². The number of piperazine rings is 1. The van der Waals surface area contributed by atoms with Crippen LogP contribution in [0.4, 0.5) is 5.69 Å². The summed E-state index contributed by atoms with van der Waals surface area (Å²) in [5.74, 6) is 1.05. The molecule has 7 heteroatoms. The van der Waals surface area contributed by atoms with Crippen LogP contribution >= 0.6 is 34.8 Å². The highest BCUT2D eigenvalue weighted by atomic mass is 35.5. The second-order valence-corrected chi connectivity index (χ2v) is 8.61. The van der Waals surface area contributed by atoms with E-state index in [1.807, 2.05) is 49.6 Å². The van der Waals surface area contributed by atoms with Gasteiger partial charge >= 0.3 is 0 Å². The molecular formula is C22H23Cl3N4. The maximum atomic E-state index is 6.55. The first kappa shape index (κ1) is 20.5. The summed E-state index contributed by atoms with van der Waals surface area (Å²) >= 11 is 18.8. The first-order valence-electron chi connectivity index (χ1n) is 9.68. The maximum absolute atomic E-state index is 6.55. The molecule has 4 rings (SSSR count). The molecule has 1 fully saturated rings. The number of halogens is 3. The van der Waals surface area contributed by atoms with Crippen LogP contribution in [0.3, 0.4) is 0 Å². The summed E-state index contributed by atoms with van der Waals surface area (Å²) in [7, 11) is 0. The number of hydrogen-bond acceptors (Lipinski definition) is 3. The molecule has 3 aromatic rings. The average Bonchev–Trinajstić information content (AvgIpc) is 3.12. The summed E-state index contributed by atoms with van der Waals surface area (Å²) in [5, 5.41) is 2.07. The van der Waals surface area contributed by atoms with Crippen molar-refractivity contribution in [3.05, 3.63) is 81.3 Å². The molecule has 1 aromatic heterocycles. The third-order valence-electron chi connectivity index (χ3n) is 5.52. The van der Waals surface area contributed by atoms with E-state index in [4.69, 9.17) is 34.8 Å². The van der Waals surface area contributed by atoms with Gasteiger partial charge in [0.2, 0.25) is 0 Å². The first-order chi connectivity index (χ1) is 14.0. The fourth-order valence-electron chi connectivity index (χ4n) is 3.90. The fourth-order valence-corrected chi connectivity index (χ4v) is 4.55. The van der Waals surface area contributed by atoms with Crippen molar-refractivity contribution in [2.45, 2.75) is 19.5 Å². The Morgan fingerprint density at radius 2 is 1.72 bits per heavy atom. The van der Waals surface area contributed by atoms with Gasteiger partial charge in [0, 0.05) is 55.2 Å². The van der Waals surface area contributed by atoms with E-state index < -0.39 is 0 Å². The van der Waals surface area contributed by atoms with Crippen LogP contribution in [0.5, 0.6) is 0 Å². The van der Waals surface area contributed by atoms with Crippen molar-refractivity contribution in [1.29, 1.82) is 0 Å². The Hall–Kier alpha value is -1.72. The van der Waals surface area contributed by atoms with Crippen LogP contribution in [0, 0.1) is 6.92 Å². The number of nitrogens with zero attached hydrogens (tertiary/aromatic N) is 4. The lowest BCUT2D eigenvalue weighted by Gasteiger charge is -2.43. The van der Waals surface area contributed by atoms with Crippen LogP contribution in [0.15, 0.2) is 54.9 Å². The minimum absolute atomic E-state index is 0.184. The van der Waals surface area contributed by atoms with Gasteiger partial charge in [-0.15, -0.1) is 0 Å². The molecule has 1 aliphatic rings. The molecule has 2 aromatic carbocycles. The van der Waals surface area contributed by atoms with E-state index in [1.165, 1.54) is 5.56 Å². The molecule has 0 radical (unpaired) electrons. The zero-order valence-electron chi connectivity index (χ0n) is 16.2. The smallest absolute Gasteiger partial charge is 0.105 e. The van der Waals surface area contributed by atoms with Crippen LogP contribution in [0.25, 0.3) is 0 Å². The van der Waals surface area contributed by atoms with Crippen molar-refractivity contribution in [1.82, 2.24) is 14.5 Å². The Labute approximate surface area is 186 Å². The summed E-state index contributed by atoms with van der Waals surface area (Å²) < 4.78 is 2.19. The maximum Gasteiger partial charge on any atom is 0.105 e. The molecule has 0 bridgehead atoms. The Balaban J connectivity index is 1.57. The van der Waals surface area contributed by atoms with E-state index >= 15 is 0 Å². The zero-order valence-corrected chi connectivity index (χ0v) is 18.5. The normalized spacial score (nSPS) is 17.7. The topological polar surface area (TPSA) is 24.3 Å². The van der Waals surface area contributed by atoms with Crippen molar-refractivity contribution >= 4 is 40.5 Å². The van der Waals surface area contributed by atoms with Gasteiger partial charge in [0.25, 0.3) is 0 Å². The number of aryl methyl sites for hydroxylation is 1. The third kappa shape index (κ3) is 4.72. The first-order valence-corrected chi connectivity index (χ1v) is 10.8. The van der Waals surface area contributed by atoms with E-state index in [0.29, 0.717) is 10.0 Å². The lowest BCUT2D eigenvalue weighted by atomic mass is 10.0. The van der Waals surface area contributed by atoms with Gasteiger partial charge < -0.3 is 9.47 Å². The number of rotatable bonds is 5. The molecule has 0 saturated carbocycles. The molecule has 1 saturated heterocycles. The predicted molar refractivity (Wildman–Crippen MR) is 121 cm³/mol. The second-order valence-electron chi connectivity index (χ2n) is 7.32. The lowest BCUT2D eigenvalue weighted by Crippen LogP contribution is -2.49. The SMILES string of the molecule is Cc1nccn1CCN1CCN(c2ccc(Cl)cc2Cl)C(c2ccc(Cl)cc2)C1. The number of hydrogen-bond donors (Lipinski definition) is 0. The van der Waals surface area contributed by atoms with Gasteiger partial charge in [-0.25, -0.2) is 4.98 Å². The highest BCUT2D eigenvalue weighted by Gasteiger charge is 2.29. The minimum Gasteiger partial charge on any atom is -0.361 e. The second kappa shape index (κ2) is 8.97. The molecule has 152 valence electrons. The predicted octanol–water partition coefficient (Wildman–Crippen LogP) is 5.72. The largest absolute Gasteiger partial charge is 0.361 e. The number of benzene rings is 2. The van der Waals surface area contributed by atoms with E-state index in [2.05, 4.69) is 31.5 Å². The van der Waals surface area contributed by atoms with Crippen molar-refractivity contribution in [3.8, 4) is 0 Å². The molecule has 0 amide bonds. The Bertz CT molecular complexity index is 970. The van der Waals surface area contributed by atoms with Crippen LogP contribution in [-0.4, -0.2) is 40.6 Å². The highest BCUT2D eigenvalue weighted by molar-refractivity contribution is 6.36. The fraction of sp³-hybridized carbons (Fsp3) is 0.318. The molecule has 29 heavy (non-hydrogen) atoms. The van der Waals surface area contributed by atoms with Crippen LogP contribution < -0.4 is 4.90 Å². The summed E-state index contributed by atoms with van der Waals surface area (Å²) in [6.45, 7) is 6.71. The van der Waals surface area contributed by atoms with Gasteiger partial charge in [-0.05, 0) is 42.8 Å². The number of imidazole rings is 1. The van der Waals surface area contributed by atoms with Gasteiger partial charge in [-0.3, -0.25) is 4.90 Å². The Morgan fingerprint density at radius 3 is 2.41 bits per heavy atom.